The van der Waals surface area contributed by atoms with Crippen molar-refractivity contribution in [1.29, 1.82) is 0 Å². The highest BCUT2D eigenvalue weighted by Gasteiger charge is 2.18. The molecule has 0 heterocycles. The van der Waals surface area contributed by atoms with E-state index in [1.54, 1.807) is 0 Å². The Kier molecular flexibility index (Phi) is 10.6. The van der Waals surface area contributed by atoms with Crippen LogP contribution in [-0.4, -0.2) is 0 Å². The van der Waals surface area contributed by atoms with Crippen molar-refractivity contribution in [1.82, 2.24) is 0 Å². The van der Waals surface area contributed by atoms with Crippen molar-refractivity contribution >= 4 is 28.7 Å². The zero-order valence-corrected chi connectivity index (χ0v) is 31.9. The van der Waals surface area contributed by atoms with Crippen LogP contribution in [-0.2, 0) is 6.42 Å². The van der Waals surface area contributed by atoms with E-state index < -0.39 is 0 Å². The molecule has 0 aliphatic heterocycles. The fraction of sp³-hybridized carbons (Fsp3) is 0.154. The fourth-order valence-electron chi connectivity index (χ4n) is 7.21. The van der Waals surface area contributed by atoms with Crippen molar-refractivity contribution in [2.75, 3.05) is 4.90 Å². The van der Waals surface area contributed by atoms with E-state index in [1.165, 1.54) is 78.0 Å². The van der Waals surface area contributed by atoms with Crippen LogP contribution in [0.25, 0.3) is 11.6 Å². The number of hydrogen-bond donors (Lipinski definition) is 0. The van der Waals surface area contributed by atoms with Crippen LogP contribution in [0.4, 0.5) is 17.1 Å². The van der Waals surface area contributed by atoms with Gasteiger partial charge in [-0.15, -0.1) is 0 Å². The molecule has 0 amide bonds. The molecule has 0 N–H and O–H groups in total. The smallest absolute Gasteiger partial charge is 0.0490 e. The summed E-state index contributed by atoms with van der Waals surface area (Å²) >= 11 is 0. The highest BCUT2D eigenvalue weighted by Crippen LogP contribution is 2.38. The zero-order valence-electron chi connectivity index (χ0n) is 31.9. The van der Waals surface area contributed by atoms with E-state index in [9.17, 15) is 0 Å². The molecule has 0 aromatic heterocycles. The van der Waals surface area contributed by atoms with Crippen LogP contribution >= 0.6 is 0 Å². The maximum absolute atomic E-state index is 2.39. The standard InChI is InChI=1S/C52H49N/c1-36-7-20-44(21-8-36)50(45-22-9-37(2)10-23-45)34-42-16-28-48(29-17-42)53(52-32-15-40(5)33-41(52)6)49-30-18-43(19-31-49)35-51(46-24-11-38(3)12-25-46)47-26-13-39(4)14-27-47/h7-34,51H,35H2,1-6H3. The third-order valence-electron chi connectivity index (χ3n) is 10.4. The molecule has 0 spiro atoms. The molecule has 1 nitrogen and oxygen atoms in total. The van der Waals surface area contributed by atoms with Gasteiger partial charge >= 0.3 is 0 Å². The first-order chi connectivity index (χ1) is 25.7. The molecule has 0 saturated heterocycles. The summed E-state index contributed by atoms with van der Waals surface area (Å²) in [6.07, 6.45) is 3.25. The lowest BCUT2D eigenvalue weighted by Crippen LogP contribution is -2.12. The summed E-state index contributed by atoms with van der Waals surface area (Å²) in [5, 5.41) is 0. The fourth-order valence-corrected chi connectivity index (χ4v) is 7.21. The largest absolute Gasteiger partial charge is 0.310 e. The average molecular weight is 688 g/mol. The molecule has 1 heteroatoms. The molecule has 7 aromatic carbocycles. The molecule has 262 valence electrons. The minimum Gasteiger partial charge on any atom is -0.310 e. The van der Waals surface area contributed by atoms with Gasteiger partial charge in [-0.1, -0.05) is 161 Å². The van der Waals surface area contributed by atoms with Gasteiger partial charge in [-0.25, -0.2) is 0 Å². The van der Waals surface area contributed by atoms with Crippen LogP contribution in [0.3, 0.4) is 0 Å². The second-order valence-corrected chi connectivity index (χ2v) is 14.8. The minimum absolute atomic E-state index is 0.280. The zero-order chi connectivity index (χ0) is 36.9. The van der Waals surface area contributed by atoms with Crippen LogP contribution in [0, 0.1) is 41.5 Å². The number of benzene rings is 7. The molecule has 0 aliphatic carbocycles. The van der Waals surface area contributed by atoms with E-state index in [0.29, 0.717) is 0 Å². The summed E-state index contributed by atoms with van der Waals surface area (Å²) < 4.78 is 0. The van der Waals surface area contributed by atoms with Crippen LogP contribution in [0.1, 0.15) is 72.7 Å². The van der Waals surface area contributed by atoms with Crippen molar-refractivity contribution in [2.24, 2.45) is 0 Å². The van der Waals surface area contributed by atoms with Gasteiger partial charge in [-0.2, -0.15) is 0 Å². The molecule has 7 aromatic rings. The monoisotopic (exact) mass is 687 g/mol. The van der Waals surface area contributed by atoms with Crippen molar-refractivity contribution in [3.63, 3.8) is 0 Å². The summed E-state index contributed by atoms with van der Waals surface area (Å²) in [5.41, 5.74) is 19.9. The Morgan fingerprint density at radius 1 is 0.453 bits per heavy atom. The molecular weight excluding hydrogens is 639 g/mol. The van der Waals surface area contributed by atoms with Crippen molar-refractivity contribution in [3.8, 4) is 0 Å². The number of aryl methyl sites for hydroxylation is 6. The Bertz CT molecular complexity index is 2210. The van der Waals surface area contributed by atoms with E-state index in [4.69, 9.17) is 0 Å². The van der Waals surface area contributed by atoms with Crippen LogP contribution in [0.15, 0.2) is 164 Å². The quantitative estimate of drug-likeness (QED) is 0.129. The number of nitrogens with zero attached hydrogens (tertiary/aromatic N) is 1. The summed E-state index contributed by atoms with van der Waals surface area (Å²) in [6, 6.07) is 60.7. The number of anilines is 3. The molecule has 0 saturated carbocycles. The highest BCUT2D eigenvalue weighted by molar-refractivity contribution is 5.92. The normalized spacial score (nSPS) is 11.1. The van der Waals surface area contributed by atoms with Gasteiger partial charge in [-0.05, 0) is 129 Å². The first kappa shape index (κ1) is 35.5. The molecule has 0 bridgehead atoms. The van der Waals surface area contributed by atoms with Gasteiger partial charge in [0.25, 0.3) is 0 Å². The summed E-state index contributed by atoms with van der Waals surface area (Å²) in [4.78, 5) is 2.39. The maximum Gasteiger partial charge on any atom is 0.0490 e. The lowest BCUT2D eigenvalue weighted by atomic mass is 9.85. The van der Waals surface area contributed by atoms with E-state index >= 15 is 0 Å². The lowest BCUT2D eigenvalue weighted by molar-refractivity contribution is 0.804. The van der Waals surface area contributed by atoms with E-state index in [2.05, 4.69) is 216 Å². The molecule has 0 radical (unpaired) electrons. The molecule has 0 aliphatic rings. The summed E-state index contributed by atoms with van der Waals surface area (Å²) in [6.45, 7) is 13.0. The van der Waals surface area contributed by atoms with Crippen molar-refractivity contribution < 1.29 is 0 Å². The highest BCUT2D eigenvalue weighted by atomic mass is 15.1. The Hall–Kier alpha value is -5.92. The van der Waals surface area contributed by atoms with E-state index in [-0.39, 0.29) is 5.92 Å². The third-order valence-corrected chi connectivity index (χ3v) is 10.4. The second-order valence-electron chi connectivity index (χ2n) is 14.8. The van der Waals surface area contributed by atoms with Crippen molar-refractivity contribution in [2.45, 2.75) is 53.9 Å². The van der Waals surface area contributed by atoms with Gasteiger partial charge in [0.05, 0.1) is 0 Å². The van der Waals surface area contributed by atoms with Gasteiger partial charge in [0.1, 0.15) is 0 Å². The Balaban J connectivity index is 1.23. The van der Waals surface area contributed by atoms with Gasteiger partial charge in [0.2, 0.25) is 0 Å². The van der Waals surface area contributed by atoms with Gasteiger partial charge < -0.3 is 4.90 Å². The number of rotatable bonds is 10. The molecule has 53 heavy (non-hydrogen) atoms. The molecule has 0 unspecified atom stereocenters. The predicted octanol–water partition coefficient (Wildman–Crippen LogP) is 14.0. The maximum atomic E-state index is 2.39. The topological polar surface area (TPSA) is 3.24 Å². The molecule has 0 fully saturated rings. The second kappa shape index (κ2) is 15.8. The van der Waals surface area contributed by atoms with E-state index in [0.717, 1.165) is 17.8 Å². The third kappa shape index (κ3) is 8.43. The van der Waals surface area contributed by atoms with Crippen molar-refractivity contribution in [3.05, 3.63) is 231 Å². The Labute approximate surface area is 316 Å². The first-order valence-corrected chi connectivity index (χ1v) is 18.8. The molecule has 7 rings (SSSR count). The van der Waals surface area contributed by atoms with Gasteiger partial charge in [0.15, 0.2) is 0 Å². The summed E-state index contributed by atoms with van der Waals surface area (Å²) in [5.74, 6) is 0.280. The predicted molar refractivity (Wildman–Crippen MR) is 228 cm³/mol. The minimum atomic E-state index is 0.280. The van der Waals surface area contributed by atoms with Crippen LogP contribution < -0.4 is 4.90 Å². The molecule has 0 atom stereocenters. The van der Waals surface area contributed by atoms with E-state index in [1.807, 2.05) is 0 Å². The van der Waals surface area contributed by atoms with Gasteiger partial charge in [0, 0.05) is 23.0 Å². The summed E-state index contributed by atoms with van der Waals surface area (Å²) in [7, 11) is 0. The Morgan fingerprint density at radius 2 is 0.868 bits per heavy atom. The van der Waals surface area contributed by atoms with Crippen LogP contribution in [0.2, 0.25) is 0 Å². The first-order valence-electron chi connectivity index (χ1n) is 18.8. The molecular formula is C52H49N. The van der Waals surface area contributed by atoms with Crippen LogP contribution in [0.5, 0.6) is 0 Å². The average Bonchev–Trinajstić information content (AvgIpc) is 3.17. The lowest BCUT2D eigenvalue weighted by Gasteiger charge is -2.28. The van der Waals surface area contributed by atoms with Gasteiger partial charge in [-0.3, -0.25) is 0 Å². The Morgan fingerprint density at radius 3 is 1.32 bits per heavy atom. The SMILES string of the molecule is Cc1ccc(C(=Cc2ccc(N(c3ccc(CC(c4ccc(C)cc4)c4ccc(C)cc4)cc3)c3ccc(C)cc3C)cc2)c2ccc(C)cc2)cc1. The number of hydrogen-bond acceptors (Lipinski definition) is 1.